The van der Waals surface area contributed by atoms with Crippen LogP contribution in [0.15, 0.2) is 12.2 Å². The molecule has 0 radical (unpaired) electrons. The molecule has 2 unspecified atom stereocenters. The summed E-state index contributed by atoms with van der Waals surface area (Å²) in [7, 11) is 0. The summed E-state index contributed by atoms with van der Waals surface area (Å²) in [6, 6.07) is -0.638. The molecular formula is C54H105NO5. The number of esters is 1. The Bertz CT molecular complexity index is 893. The summed E-state index contributed by atoms with van der Waals surface area (Å²) in [6.07, 6.45) is 57.8. The Morgan fingerprint density at radius 3 is 1.13 bits per heavy atom. The third-order valence-corrected chi connectivity index (χ3v) is 12.6. The molecule has 0 spiro atoms. The van der Waals surface area contributed by atoms with Crippen LogP contribution in [0.25, 0.3) is 0 Å². The Balaban J connectivity index is 3.50. The fourth-order valence-electron chi connectivity index (χ4n) is 8.40. The van der Waals surface area contributed by atoms with Gasteiger partial charge in [0, 0.05) is 12.8 Å². The van der Waals surface area contributed by atoms with Crippen LogP contribution in [0.2, 0.25) is 0 Å². The molecule has 0 aromatic rings. The number of rotatable bonds is 50. The van der Waals surface area contributed by atoms with Crippen LogP contribution in [0.3, 0.4) is 0 Å². The quantitative estimate of drug-likeness (QED) is 0.0322. The topological polar surface area (TPSA) is 95.9 Å². The molecule has 0 aliphatic carbocycles. The van der Waals surface area contributed by atoms with Crippen molar-refractivity contribution in [3.8, 4) is 0 Å². The van der Waals surface area contributed by atoms with Gasteiger partial charge in [-0.3, -0.25) is 9.59 Å². The van der Waals surface area contributed by atoms with Gasteiger partial charge in [0.05, 0.1) is 25.4 Å². The maximum Gasteiger partial charge on any atom is 0.305 e. The van der Waals surface area contributed by atoms with Gasteiger partial charge in [-0.05, 0) is 32.1 Å². The van der Waals surface area contributed by atoms with E-state index in [0.717, 1.165) is 57.8 Å². The van der Waals surface area contributed by atoms with Crippen molar-refractivity contribution in [2.75, 3.05) is 13.2 Å². The van der Waals surface area contributed by atoms with Gasteiger partial charge in [0.25, 0.3) is 0 Å². The van der Waals surface area contributed by atoms with Crippen LogP contribution in [0.4, 0.5) is 0 Å². The minimum Gasteiger partial charge on any atom is -0.466 e. The highest BCUT2D eigenvalue weighted by molar-refractivity contribution is 5.76. The predicted octanol–water partition coefficient (Wildman–Crippen LogP) is 16.1. The number of carbonyl (C=O) groups excluding carboxylic acids is 2. The second-order valence-corrected chi connectivity index (χ2v) is 18.6. The molecule has 6 nitrogen and oxygen atoms in total. The molecule has 2 atom stereocenters. The standard InChI is InChI=1S/C54H105NO5/c1-3-5-7-9-11-13-15-16-17-18-19-20-21-22-23-27-30-34-38-42-46-52(57)51(50-56)55-53(58)47-43-39-35-31-28-24-25-29-33-37-41-45-49-60-54(59)48-44-40-36-32-26-14-12-10-8-6-4-2/h42,46,51-52,56-57H,3-41,43-45,47-50H2,1-2H3,(H,55,58)/b46-42+. The minimum atomic E-state index is -0.854. The summed E-state index contributed by atoms with van der Waals surface area (Å²) in [5.41, 5.74) is 0. The third kappa shape index (κ3) is 46.1. The molecule has 0 aliphatic rings. The Kier molecular flexibility index (Phi) is 49.1. The first-order valence-corrected chi connectivity index (χ1v) is 27.0. The fraction of sp³-hybridized carbons (Fsp3) is 0.926. The predicted molar refractivity (Wildman–Crippen MR) is 260 cm³/mol. The number of hydrogen-bond acceptors (Lipinski definition) is 5. The zero-order chi connectivity index (χ0) is 43.7. The first-order valence-electron chi connectivity index (χ1n) is 27.0. The largest absolute Gasteiger partial charge is 0.466 e. The summed E-state index contributed by atoms with van der Waals surface area (Å²) in [4.78, 5) is 24.4. The summed E-state index contributed by atoms with van der Waals surface area (Å²) >= 11 is 0. The van der Waals surface area contributed by atoms with E-state index in [1.165, 1.54) is 212 Å². The number of hydrogen-bond donors (Lipinski definition) is 3. The number of unbranched alkanes of at least 4 members (excludes halogenated alkanes) is 39. The first kappa shape index (κ1) is 58.6. The van der Waals surface area contributed by atoms with Gasteiger partial charge in [-0.1, -0.05) is 264 Å². The molecule has 0 aromatic carbocycles. The van der Waals surface area contributed by atoms with Gasteiger partial charge < -0.3 is 20.3 Å². The molecule has 356 valence electrons. The van der Waals surface area contributed by atoms with E-state index < -0.39 is 12.1 Å². The number of nitrogens with one attached hydrogen (secondary N) is 1. The smallest absolute Gasteiger partial charge is 0.305 e. The van der Waals surface area contributed by atoms with Gasteiger partial charge in [0.2, 0.25) is 5.91 Å². The van der Waals surface area contributed by atoms with Gasteiger partial charge in [-0.15, -0.1) is 0 Å². The van der Waals surface area contributed by atoms with Crippen molar-refractivity contribution in [1.82, 2.24) is 5.32 Å². The SMILES string of the molecule is CCCCCCCCCCCCCCCCCCCC/C=C/C(O)C(CO)NC(=O)CCCCCCCCCCCCCCOC(=O)CCCCCCCCCCCCC. The van der Waals surface area contributed by atoms with Crippen LogP contribution in [-0.2, 0) is 14.3 Å². The second kappa shape index (κ2) is 50.2. The van der Waals surface area contributed by atoms with Crippen LogP contribution in [0.1, 0.15) is 296 Å². The van der Waals surface area contributed by atoms with Crippen molar-refractivity contribution in [1.29, 1.82) is 0 Å². The van der Waals surface area contributed by atoms with E-state index in [0.29, 0.717) is 19.4 Å². The second-order valence-electron chi connectivity index (χ2n) is 18.6. The molecule has 0 fully saturated rings. The molecule has 0 saturated carbocycles. The third-order valence-electron chi connectivity index (χ3n) is 12.6. The molecule has 0 aromatic heterocycles. The molecule has 0 rings (SSSR count). The van der Waals surface area contributed by atoms with E-state index in [1.807, 2.05) is 6.08 Å². The minimum absolute atomic E-state index is 0.0106. The van der Waals surface area contributed by atoms with E-state index in [2.05, 4.69) is 19.2 Å². The van der Waals surface area contributed by atoms with Gasteiger partial charge in [-0.2, -0.15) is 0 Å². The van der Waals surface area contributed by atoms with E-state index in [1.54, 1.807) is 6.08 Å². The molecule has 6 heteroatoms. The Labute approximate surface area is 374 Å². The fourth-order valence-corrected chi connectivity index (χ4v) is 8.40. The molecule has 0 aliphatic heterocycles. The maximum atomic E-state index is 12.5. The number of amides is 1. The molecule has 0 heterocycles. The normalized spacial score (nSPS) is 12.7. The summed E-state index contributed by atoms with van der Waals surface area (Å²) in [6.45, 7) is 4.88. The van der Waals surface area contributed by atoms with Gasteiger partial charge >= 0.3 is 5.97 Å². The Morgan fingerprint density at radius 2 is 0.767 bits per heavy atom. The number of allylic oxidation sites excluding steroid dienone is 1. The van der Waals surface area contributed by atoms with Crippen molar-refractivity contribution in [3.05, 3.63) is 12.2 Å². The summed E-state index contributed by atoms with van der Waals surface area (Å²) in [5, 5.41) is 23.1. The molecule has 0 bridgehead atoms. The number of aliphatic hydroxyl groups excluding tert-OH is 2. The Morgan fingerprint density at radius 1 is 0.450 bits per heavy atom. The zero-order valence-corrected chi connectivity index (χ0v) is 40.5. The van der Waals surface area contributed by atoms with Crippen molar-refractivity contribution in [3.63, 3.8) is 0 Å². The highest BCUT2D eigenvalue weighted by atomic mass is 16.5. The number of aliphatic hydroxyl groups is 2. The van der Waals surface area contributed by atoms with Crippen LogP contribution in [0.5, 0.6) is 0 Å². The van der Waals surface area contributed by atoms with E-state index >= 15 is 0 Å². The van der Waals surface area contributed by atoms with E-state index in [9.17, 15) is 19.8 Å². The lowest BCUT2D eigenvalue weighted by molar-refractivity contribution is -0.143. The van der Waals surface area contributed by atoms with Crippen LogP contribution < -0.4 is 5.32 Å². The monoisotopic (exact) mass is 848 g/mol. The maximum absolute atomic E-state index is 12.5. The molecular weight excluding hydrogens is 743 g/mol. The van der Waals surface area contributed by atoms with Crippen LogP contribution in [0, 0.1) is 0 Å². The van der Waals surface area contributed by atoms with Gasteiger partial charge in [0.1, 0.15) is 0 Å². The zero-order valence-electron chi connectivity index (χ0n) is 40.5. The van der Waals surface area contributed by atoms with Crippen LogP contribution in [-0.4, -0.2) is 47.4 Å². The average molecular weight is 848 g/mol. The highest BCUT2D eigenvalue weighted by Gasteiger charge is 2.18. The molecule has 3 N–H and O–H groups in total. The lowest BCUT2D eigenvalue weighted by atomic mass is 10.0. The van der Waals surface area contributed by atoms with E-state index in [-0.39, 0.29) is 18.5 Å². The van der Waals surface area contributed by atoms with Crippen molar-refractivity contribution in [2.45, 2.75) is 309 Å². The molecule has 60 heavy (non-hydrogen) atoms. The first-order chi connectivity index (χ1) is 29.5. The van der Waals surface area contributed by atoms with E-state index in [4.69, 9.17) is 4.74 Å². The van der Waals surface area contributed by atoms with Crippen molar-refractivity contribution >= 4 is 11.9 Å². The molecule has 1 amide bonds. The summed E-state index contributed by atoms with van der Waals surface area (Å²) in [5.74, 6) is -0.0914. The number of carbonyl (C=O) groups is 2. The lowest BCUT2D eigenvalue weighted by Gasteiger charge is -2.20. The Hall–Kier alpha value is -1.40. The lowest BCUT2D eigenvalue weighted by Crippen LogP contribution is -2.45. The van der Waals surface area contributed by atoms with Gasteiger partial charge in [-0.25, -0.2) is 0 Å². The summed E-state index contributed by atoms with van der Waals surface area (Å²) < 4.78 is 5.44. The highest BCUT2D eigenvalue weighted by Crippen LogP contribution is 2.17. The molecule has 0 saturated heterocycles. The van der Waals surface area contributed by atoms with Crippen LogP contribution >= 0.6 is 0 Å². The van der Waals surface area contributed by atoms with Gasteiger partial charge in [0.15, 0.2) is 0 Å². The number of ether oxygens (including phenoxy) is 1. The van der Waals surface area contributed by atoms with Crippen molar-refractivity contribution < 1.29 is 24.5 Å². The average Bonchev–Trinajstić information content (AvgIpc) is 3.25. The van der Waals surface area contributed by atoms with Crippen molar-refractivity contribution in [2.24, 2.45) is 0 Å².